The number of thiazole rings is 1. The van der Waals surface area contributed by atoms with Gasteiger partial charge in [-0.3, -0.25) is 4.79 Å². The number of hydrogen-bond donors (Lipinski definition) is 1. The van der Waals surface area contributed by atoms with Crippen LogP contribution in [0.1, 0.15) is 15.4 Å². The first-order valence-corrected chi connectivity index (χ1v) is 10.2. The van der Waals surface area contributed by atoms with Crippen LogP contribution < -0.4 is 14.4 Å². The summed E-state index contributed by atoms with van der Waals surface area (Å²) in [7, 11) is 3.18. The fraction of sp³-hybridized carbons (Fsp3) is 0.333. The molecule has 1 fully saturated rings. The zero-order valence-corrected chi connectivity index (χ0v) is 16.9. The third kappa shape index (κ3) is 3.81. The molecule has 1 N–H and O–H groups in total. The van der Waals surface area contributed by atoms with Gasteiger partial charge in [-0.1, -0.05) is 12.1 Å². The summed E-state index contributed by atoms with van der Waals surface area (Å²) in [5.74, 6) is 1.24. The zero-order valence-electron chi connectivity index (χ0n) is 16.1. The van der Waals surface area contributed by atoms with Crippen LogP contribution in [0.5, 0.6) is 11.5 Å². The van der Waals surface area contributed by atoms with E-state index in [-0.39, 0.29) is 5.91 Å². The minimum Gasteiger partial charge on any atom is -0.497 e. The first kappa shape index (κ1) is 18.7. The maximum atomic E-state index is 12.9. The summed E-state index contributed by atoms with van der Waals surface area (Å²) >= 11 is 1.76. The van der Waals surface area contributed by atoms with E-state index in [2.05, 4.69) is 18.2 Å². The molecule has 2 heterocycles. The molecule has 28 heavy (non-hydrogen) atoms. The Morgan fingerprint density at radius 3 is 2.64 bits per heavy atom. The number of ether oxygens (including phenoxy) is 2. The number of nitrogens with zero attached hydrogens (tertiary/aromatic N) is 2. The number of quaternary nitrogens is 1. The first-order chi connectivity index (χ1) is 13.7. The molecular weight excluding hydrogens is 374 g/mol. The van der Waals surface area contributed by atoms with Crippen molar-refractivity contribution >= 4 is 27.5 Å². The highest BCUT2D eigenvalue weighted by atomic mass is 32.1. The van der Waals surface area contributed by atoms with Crippen LogP contribution in [0.4, 0.5) is 0 Å². The largest absolute Gasteiger partial charge is 0.497 e. The molecular formula is C21H24N3O3S+. The number of carbonyl (C=O) groups excluding carboxylic acids is 1. The Hall–Kier alpha value is -2.64. The van der Waals surface area contributed by atoms with Gasteiger partial charge < -0.3 is 19.3 Å². The molecule has 0 unspecified atom stereocenters. The lowest BCUT2D eigenvalue weighted by Gasteiger charge is -2.32. The Morgan fingerprint density at radius 1 is 1.14 bits per heavy atom. The number of aromatic nitrogens is 1. The molecule has 0 spiro atoms. The number of carbonyl (C=O) groups is 1. The van der Waals surface area contributed by atoms with E-state index in [1.807, 2.05) is 11.0 Å². The van der Waals surface area contributed by atoms with Crippen molar-refractivity contribution in [2.45, 2.75) is 6.54 Å². The topological polar surface area (TPSA) is 56.1 Å². The highest BCUT2D eigenvalue weighted by Gasteiger charge is 2.27. The molecule has 4 rings (SSSR count). The van der Waals surface area contributed by atoms with Crippen molar-refractivity contribution in [1.29, 1.82) is 0 Å². The highest BCUT2D eigenvalue weighted by molar-refractivity contribution is 7.18. The van der Waals surface area contributed by atoms with Crippen molar-refractivity contribution in [2.24, 2.45) is 0 Å². The van der Waals surface area contributed by atoms with Gasteiger partial charge in [0.2, 0.25) is 0 Å². The second-order valence-electron chi connectivity index (χ2n) is 6.86. The maximum absolute atomic E-state index is 12.9. The molecule has 1 aliphatic heterocycles. The number of rotatable bonds is 5. The molecule has 2 aromatic carbocycles. The second kappa shape index (κ2) is 8.16. The summed E-state index contributed by atoms with van der Waals surface area (Å²) in [5.41, 5.74) is 1.65. The summed E-state index contributed by atoms with van der Waals surface area (Å²) in [4.78, 5) is 21.1. The van der Waals surface area contributed by atoms with Gasteiger partial charge in [0.15, 0.2) is 0 Å². The molecule has 146 valence electrons. The van der Waals surface area contributed by atoms with Gasteiger partial charge in [0.05, 0.1) is 56.2 Å². The highest BCUT2D eigenvalue weighted by Crippen LogP contribution is 2.26. The predicted octanol–water partition coefficient (Wildman–Crippen LogP) is 1.85. The third-order valence-electron chi connectivity index (χ3n) is 5.14. The Balaban J connectivity index is 1.39. The summed E-state index contributed by atoms with van der Waals surface area (Å²) in [6.07, 6.45) is 0. The first-order valence-electron chi connectivity index (χ1n) is 9.37. The van der Waals surface area contributed by atoms with E-state index < -0.39 is 0 Å². The van der Waals surface area contributed by atoms with E-state index in [4.69, 9.17) is 14.5 Å². The summed E-state index contributed by atoms with van der Waals surface area (Å²) in [6, 6.07) is 13.6. The number of nitrogens with one attached hydrogen (secondary N) is 1. The van der Waals surface area contributed by atoms with Crippen molar-refractivity contribution in [1.82, 2.24) is 9.88 Å². The molecule has 1 saturated heterocycles. The van der Waals surface area contributed by atoms with Gasteiger partial charge in [-0.15, -0.1) is 11.3 Å². The van der Waals surface area contributed by atoms with Crippen molar-refractivity contribution in [2.75, 3.05) is 40.4 Å². The lowest BCUT2D eigenvalue weighted by Crippen LogP contribution is -3.13. The molecule has 1 aromatic heterocycles. The van der Waals surface area contributed by atoms with Crippen molar-refractivity contribution in [3.63, 3.8) is 0 Å². The van der Waals surface area contributed by atoms with Gasteiger partial charge >= 0.3 is 0 Å². The van der Waals surface area contributed by atoms with Gasteiger partial charge in [-0.05, 0) is 24.3 Å². The minimum absolute atomic E-state index is 0.0125. The van der Waals surface area contributed by atoms with Gasteiger partial charge in [0.1, 0.15) is 23.1 Å². The number of methoxy groups -OCH3 is 2. The molecule has 0 atom stereocenters. The average Bonchev–Trinajstić information content (AvgIpc) is 3.15. The lowest BCUT2D eigenvalue weighted by molar-refractivity contribution is -0.917. The van der Waals surface area contributed by atoms with Gasteiger partial charge in [0, 0.05) is 6.07 Å². The second-order valence-corrected chi connectivity index (χ2v) is 7.98. The number of amides is 1. The fourth-order valence-corrected chi connectivity index (χ4v) is 4.60. The minimum atomic E-state index is 0.0125. The number of piperazine rings is 1. The van der Waals surface area contributed by atoms with Crippen LogP contribution in [-0.4, -0.2) is 56.2 Å². The normalized spacial score (nSPS) is 15.0. The van der Waals surface area contributed by atoms with Crippen molar-refractivity contribution in [3.8, 4) is 11.5 Å². The molecule has 1 aliphatic rings. The summed E-state index contributed by atoms with van der Waals surface area (Å²) < 4.78 is 11.8. The van der Waals surface area contributed by atoms with Crippen molar-refractivity contribution < 1.29 is 19.2 Å². The molecule has 1 amide bonds. The van der Waals surface area contributed by atoms with Crippen LogP contribution in [0.3, 0.4) is 0 Å². The lowest BCUT2D eigenvalue weighted by atomic mass is 10.1. The quantitative estimate of drug-likeness (QED) is 0.713. The van der Waals surface area contributed by atoms with E-state index in [1.165, 1.54) is 9.60 Å². The van der Waals surface area contributed by atoms with Crippen LogP contribution >= 0.6 is 11.3 Å². The van der Waals surface area contributed by atoms with Crippen LogP contribution in [0.25, 0.3) is 10.2 Å². The van der Waals surface area contributed by atoms with Crippen molar-refractivity contribution in [3.05, 3.63) is 53.0 Å². The average molecular weight is 399 g/mol. The molecule has 7 heteroatoms. The molecule has 0 bridgehead atoms. The van der Waals surface area contributed by atoms with Crippen LogP contribution in [-0.2, 0) is 6.54 Å². The van der Waals surface area contributed by atoms with Gasteiger partial charge in [-0.2, -0.15) is 0 Å². The van der Waals surface area contributed by atoms with Crippen LogP contribution in [0, 0.1) is 0 Å². The smallest absolute Gasteiger partial charge is 0.258 e. The summed E-state index contributed by atoms with van der Waals surface area (Å²) in [6.45, 7) is 4.20. The standard InChI is InChI=1S/C21H23N3O3S/c1-26-15-7-8-16(18(13-15)27-2)21(25)24-11-9-23(10-12-24)14-20-22-17-5-3-4-6-19(17)28-20/h3-8,13H,9-12,14H2,1-2H3/p+1. The van der Waals surface area contributed by atoms with E-state index in [0.717, 1.165) is 43.2 Å². The van der Waals surface area contributed by atoms with E-state index in [1.54, 1.807) is 43.8 Å². The maximum Gasteiger partial charge on any atom is 0.258 e. The monoisotopic (exact) mass is 398 g/mol. The number of fused-ring (bicyclic) bond motifs is 1. The van der Waals surface area contributed by atoms with E-state index >= 15 is 0 Å². The third-order valence-corrected chi connectivity index (χ3v) is 6.17. The molecule has 0 saturated carbocycles. The Labute approximate surface area is 168 Å². The molecule has 0 aliphatic carbocycles. The van der Waals surface area contributed by atoms with E-state index in [9.17, 15) is 4.79 Å². The Bertz CT molecular complexity index is 947. The fourth-order valence-electron chi connectivity index (χ4n) is 3.56. The van der Waals surface area contributed by atoms with Crippen LogP contribution in [0.15, 0.2) is 42.5 Å². The van der Waals surface area contributed by atoms with Gasteiger partial charge in [0.25, 0.3) is 5.91 Å². The molecule has 0 radical (unpaired) electrons. The van der Waals surface area contributed by atoms with Crippen LogP contribution in [0.2, 0.25) is 0 Å². The SMILES string of the molecule is COc1ccc(C(=O)N2CC[NH+](Cc3nc4ccccc4s3)CC2)c(OC)c1. The Kier molecular flexibility index (Phi) is 5.45. The van der Waals surface area contributed by atoms with E-state index in [0.29, 0.717) is 17.1 Å². The predicted molar refractivity (Wildman–Crippen MR) is 109 cm³/mol. The summed E-state index contributed by atoms with van der Waals surface area (Å²) in [5, 5.41) is 1.16. The number of benzene rings is 2. The number of hydrogen-bond acceptors (Lipinski definition) is 5. The molecule has 6 nitrogen and oxygen atoms in total. The number of para-hydroxylation sites is 1. The molecule has 3 aromatic rings. The van der Waals surface area contributed by atoms with Gasteiger partial charge in [-0.25, -0.2) is 4.98 Å². The Morgan fingerprint density at radius 2 is 1.93 bits per heavy atom. The zero-order chi connectivity index (χ0) is 19.5.